The van der Waals surface area contributed by atoms with Crippen molar-refractivity contribution < 1.29 is 14.9 Å². The second-order valence-corrected chi connectivity index (χ2v) is 7.28. The normalized spacial score (nSPS) is 11.7. The molecule has 0 aliphatic rings. The number of nitrogens with two attached hydrogens (primary N) is 1. The molecule has 0 spiro atoms. The number of nitrogens with one attached hydrogen (secondary N) is 1. The number of rotatable bonds is 7. The Balaban J connectivity index is 1.84. The van der Waals surface area contributed by atoms with E-state index in [4.69, 9.17) is 11.6 Å². The molecule has 0 bridgehead atoms. The van der Waals surface area contributed by atoms with Crippen LogP contribution in [0.4, 0.5) is 5.69 Å². The summed E-state index contributed by atoms with van der Waals surface area (Å²) in [5.41, 5.74) is 3.92. The van der Waals surface area contributed by atoms with E-state index in [9.17, 15) is 9.59 Å². The number of likely N-dealkylation sites (N-methyl/N-ethyl adjacent to an activating group) is 1. The number of benzene rings is 2. The molecule has 0 saturated carbocycles. The maximum atomic E-state index is 12.3. The minimum absolute atomic E-state index is 0.0236. The van der Waals surface area contributed by atoms with Crippen LogP contribution in [0.15, 0.2) is 42.5 Å². The SMILES string of the molecule is Cc1cccc(C)c1NC(=O)CN(C)C(=O)C[NH2+][C@H](C)c1ccc(Cl)cc1. The van der Waals surface area contributed by atoms with Crippen LogP contribution in [-0.2, 0) is 9.59 Å². The van der Waals surface area contributed by atoms with E-state index in [1.165, 1.54) is 4.90 Å². The molecule has 1 atom stereocenters. The average Bonchev–Trinajstić information content (AvgIpc) is 2.63. The third-order valence-electron chi connectivity index (χ3n) is 4.59. The third-order valence-corrected chi connectivity index (χ3v) is 4.85. The number of aryl methyl sites for hydroxylation is 2. The highest BCUT2D eigenvalue weighted by Gasteiger charge is 2.17. The fourth-order valence-corrected chi connectivity index (χ4v) is 2.96. The molecule has 0 saturated heterocycles. The largest absolute Gasteiger partial charge is 0.333 e. The van der Waals surface area contributed by atoms with Crippen molar-refractivity contribution in [2.24, 2.45) is 0 Å². The van der Waals surface area contributed by atoms with Gasteiger partial charge in [-0.3, -0.25) is 9.59 Å². The van der Waals surface area contributed by atoms with Gasteiger partial charge in [-0.2, -0.15) is 0 Å². The summed E-state index contributed by atoms with van der Waals surface area (Å²) in [7, 11) is 1.65. The molecule has 0 aliphatic heterocycles. The number of quaternary nitrogens is 1. The maximum Gasteiger partial charge on any atom is 0.277 e. The summed E-state index contributed by atoms with van der Waals surface area (Å²) in [4.78, 5) is 26.1. The van der Waals surface area contributed by atoms with Crippen molar-refractivity contribution in [1.82, 2.24) is 4.90 Å². The number of para-hydroxylation sites is 1. The van der Waals surface area contributed by atoms with Gasteiger partial charge >= 0.3 is 0 Å². The van der Waals surface area contributed by atoms with Crippen LogP contribution in [-0.4, -0.2) is 36.9 Å². The zero-order valence-corrected chi connectivity index (χ0v) is 17.0. The number of carbonyl (C=O) groups is 2. The lowest BCUT2D eigenvalue weighted by atomic mass is 10.1. The summed E-state index contributed by atoms with van der Waals surface area (Å²) in [5, 5.41) is 5.55. The molecule has 5 nitrogen and oxygen atoms in total. The Labute approximate surface area is 165 Å². The van der Waals surface area contributed by atoms with Gasteiger partial charge in [0.1, 0.15) is 6.04 Å². The smallest absolute Gasteiger partial charge is 0.277 e. The molecule has 0 radical (unpaired) electrons. The number of hydrogen-bond donors (Lipinski definition) is 2. The number of nitrogens with zero attached hydrogens (tertiary/aromatic N) is 1. The summed E-state index contributed by atoms with van der Waals surface area (Å²) in [6.07, 6.45) is 0. The van der Waals surface area contributed by atoms with Crippen LogP contribution in [0, 0.1) is 13.8 Å². The first-order valence-corrected chi connectivity index (χ1v) is 9.34. The van der Waals surface area contributed by atoms with Crippen LogP contribution >= 0.6 is 11.6 Å². The molecule has 2 amide bonds. The molecule has 0 aliphatic carbocycles. The standard InChI is InChI=1S/C21H26ClN3O2/c1-14-6-5-7-15(2)21(14)24-19(26)13-25(4)20(27)12-23-16(3)17-8-10-18(22)11-9-17/h5-11,16,23H,12-13H2,1-4H3,(H,24,26)/p+1/t16-/m1/s1. The van der Waals surface area contributed by atoms with Gasteiger partial charge in [0, 0.05) is 23.3 Å². The minimum atomic E-state index is -0.200. The Morgan fingerprint density at radius 3 is 2.30 bits per heavy atom. The monoisotopic (exact) mass is 388 g/mol. The fraction of sp³-hybridized carbons (Fsp3) is 0.333. The van der Waals surface area contributed by atoms with Gasteiger partial charge in [-0.25, -0.2) is 0 Å². The molecular weight excluding hydrogens is 362 g/mol. The maximum absolute atomic E-state index is 12.3. The van der Waals surface area contributed by atoms with Crippen molar-refractivity contribution in [3.63, 3.8) is 0 Å². The first kappa shape index (κ1) is 20.9. The molecule has 0 aromatic heterocycles. The zero-order chi connectivity index (χ0) is 20.0. The van der Waals surface area contributed by atoms with Crippen molar-refractivity contribution in [2.45, 2.75) is 26.8 Å². The van der Waals surface area contributed by atoms with Gasteiger partial charge < -0.3 is 15.5 Å². The van der Waals surface area contributed by atoms with Crippen molar-refractivity contribution in [1.29, 1.82) is 0 Å². The predicted molar refractivity (Wildman–Crippen MR) is 109 cm³/mol. The van der Waals surface area contributed by atoms with E-state index in [1.54, 1.807) is 7.05 Å². The van der Waals surface area contributed by atoms with Crippen LogP contribution in [0.3, 0.4) is 0 Å². The average molecular weight is 389 g/mol. The number of carbonyl (C=O) groups excluding carboxylic acids is 2. The van der Waals surface area contributed by atoms with E-state index in [2.05, 4.69) is 5.32 Å². The molecule has 27 heavy (non-hydrogen) atoms. The minimum Gasteiger partial charge on any atom is -0.333 e. The van der Waals surface area contributed by atoms with E-state index in [1.807, 2.05) is 68.6 Å². The molecule has 2 aromatic rings. The van der Waals surface area contributed by atoms with Crippen molar-refractivity contribution >= 4 is 29.1 Å². The summed E-state index contributed by atoms with van der Waals surface area (Å²) in [5.74, 6) is -0.290. The molecule has 0 unspecified atom stereocenters. The summed E-state index contributed by atoms with van der Waals surface area (Å²) in [6, 6.07) is 13.6. The quantitative estimate of drug-likeness (QED) is 0.765. The highest BCUT2D eigenvalue weighted by Crippen LogP contribution is 2.19. The first-order valence-electron chi connectivity index (χ1n) is 8.96. The van der Waals surface area contributed by atoms with Gasteiger partial charge in [0.05, 0.1) is 6.54 Å². The van der Waals surface area contributed by atoms with Crippen molar-refractivity contribution in [2.75, 3.05) is 25.5 Å². The van der Waals surface area contributed by atoms with Crippen molar-refractivity contribution in [3.05, 3.63) is 64.2 Å². The molecule has 2 aromatic carbocycles. The highest BCUT2D eigenvalue weighted by atomic mass is 35.5. The van der Waals surface area contributed by atoms with E-state index in [-0.39, 0.29) is 30.9 Å². The van der Waals surface area contributed by atoms with E-state index in [0.717, 1.165) is 22.4 Å². The van der Waals surface area contributed by atoms with Crippen LogP contribution < -0.4 is 10.6 Å². The molecule has 3 N–H and O–H groups in total. The fourth-order valence-electron chi connectivity index (χ4n) is 2.83. The summed E-state index contributed by atoms with van der Waals surface area (Å²) in [6.45, 7) is 6.23. The molecule has 2 rings (SSSR count). The lowest BCUT2D eigenvalue weighted by molar-refractivity contribution is -0.683. The lowest BCUT2D eigenvalue weighted by Crippen LogP contribution is -2.87. The van der Waals surface area contributed by atoms with Crippen LogP contribution in [0.25, 0.3) is 0 Å². The zero-order valence-electron chi connectivity index (χ0n) is 16.3. The van der Waals surface area contributed by atoms with Crippen LogP contribution in [0.2, 0.25) is 5.02 Å². The highest BCUT2D eigenvalue weighted by molar-refractivity contribution is 6.30. The first-order chi connectivity index (χ1) is 12.8. The second-order valence-electron chi connectivity index (χ2n) is 6.84. The van der Waals surface area contributed by atoms with Crippen molar-refractivity contribution in [3.8, 4) is 0 Å². The van der Waals surface area contributed by atoms with E-state index < -0.39 is 0 Å². The molecule has 6 heteroatoms. The van der Waals surface area contributed by atoms with Gasteiger partial charge in [-0.05, 0) is 44.0 Å². The Morgan fingerprint density at radius 2 is 1.70 bits per heavy atom. The van der Waals surface area contributed by atoms with Gasteiger partial charge in [0.2, 0.25) is 5.91 Å². The van der Waals surface area contributed by atoms with E-state index >= 15 is 0 Å². The lowest BCUT2D eigenvalue weighted by Gasteiger charge is -2.18. The number of anilines is 1. The van der Waals surface area contributed by atoms with Gasteiger partial charge in [0.15, 0.2) is 6.54 Å². The van der Waals surface area contributed by atoms with Gasteiger partial charge in [-0.1, -0.05) is 41.9 Å². The topological polar surface area (TPSA) is 66.0 Å². The molecular formula is C21H27ClN3O2+. The van der Waals surface area contributed by atoms with Gasteiger partial charge in [0.25, 0.3) is 5.91 Å². The third kappa shape index (κ3) is 6.08. The molecule has 144 valence electrons. The molecule has 0 heterocycles. The second kappa shape index (κ2) is 9.53. The van der Waals surface area contributed by atoms with Crippen LogP contribution in [0.1, 0.15) is 29.7 Å². The Kier molecular flexibility index (Phi) is 7.39. The van der Waals surface area contributed by atoms with Gasteiger partial charge in [-0.15, -0.1) is 0 Å². The Morgan fingerprint density at radius 1 is 1.11 bits per heavy atom. The Bertz CT molecular complexity index is 785. The Hall–Kier alpha value is -2.37. The number of amides is 2. The van der Waals surface area contributed by atoms with E-state index in [0.29, 0.717) is 5.02 Å². The molecule has 0 fully saturated rings. The number of halogens is 1. The summed E-state index contributed by atoms with van der Waals surface area (Å²) < 4.78 is 0. The number of hydrogen-bond acceptors (Lipinski definition) is 2. The summed E-state index contributed by atoms with van der Waals surface area (Å²) >= 11 is 5.90. The predicted octanol–water partition coefficient (Wildman–Crippen LogP) is 2.68. The van der Waals surface area contributed by atoms with Crippen LogP contribution in [0.5, 0.6) is 0 Å².